The minimum absolute atomic E-state index is 0.288. The molecule has 0 amide bonds. The Bertz CT molecular complexity index is 639. The quantitative estimate of drug-likeness (QED) is 0.862. The zero-order valence-electron chi connectivity index (χ0n) is 12.0. The van der Waals surface area contributed by atoms with Gasteiger partial charge in [0.15, 0.2) is 0 Å². The lowest BCUT2D eigenvalue weighted by molar-refractivity contribution is 0.114. The van der Waals surface area contributed by atoms with E-state index in [2.05, 4.69) is 21.0 Å². The maximum Gasteiger partial charge on any atom is 0.123 e. The van der Waals surface area contributed by atoms with Crippen LogP contribution >= 0.6 is 15.9 Å². The number of benzene rings is 1. The molecule has 1 aromatic heterocycles. The molecule has 0 radical (unpaired) electrons. The number of hydrogen-bond donors (Lipinski definition) is 2. The minimum Gasteiger partial charge on any atom is -0.395 e. The summed E-state index contributed by atoms with van der Waals surface area (Å²) in [5, 5.41) is 24.0. The summed E-state index contributed by atoms with van der Waals surface area (Å²) in [5.41, 5.74) is 1.29. The molecule has 2 rings (SSSR count). The third kappa shape index (κ3) is 3.02. The van der Waals surface area contributed by atoms with Gasteiger partial charge < -0.3 is 10.2 Å². The lowest BCUT2D eigenvalue weighted by Crippen LogP contribution is -2.38. The summed E-state index contributed by atoms with van der Waals surface area (Å²) in [6, 6.07) is 5.98. The van der Waals surface area contributed by atoms with Crippen LogP contribution in [-0.2, 0) is 18.9 Å². The fourth-order valence-electron chi connectivity index (χ4n) is 2.46. The molecule has 0 saturated carbocycles. The van der Waals surface area contributed by atoms with Crippen molar-refractivity contribution in [2.45, 2.75) is 18.8 Å². The molecule has 0 unspecified atom stereocenters. The Morgan fingerprint density at radius 1 is 1.33 bits per heavy atom. The predicted molar refractivity (Wildman–Crippen MR) is 81.6 cm³/mol. The lowest BCUT2D eigenvalue weighted by Gasteiger charge is -2.30. The van der Waals surface area contributed by atoms with E-state index >= 15 is 0 Å². The third-order valence-corrected chi connectivity index (χ3v) is 4.84. The standard InChI is InChI=1S/C15H18BrFN2O2/c1-10-14(16)13(19(2)18-10)7-15(8-20,9-21)11-4-3-5-12(17)6-11/h3-6,20-21H,7-9H2,1-2H3. The van der Waals surface area contributed by atoms with Crippen LogP contribution in [0.2, 0.25) is 0 Å². The van der Waals surface area contributed by atoms with Crippen molar-refractivity contribution in [1.29, 1.82) is 0 Å². The lowest BCUT2D eigenvalue weighted by atomic mass is 9.78. The number of nitrogens with zero attached hydrogens (tertiary/aromatic N) is 2. The van der Waals surface area contributed by atoms with Crippen molar-refractivity contribution in [1.82, 2.24) is 9.78 Å². The molecule has 6 heteroatoms. The van der Waals surface area contributed by atoms with E-state index in [-0.39, 0.29) is 19.0 Å². The highest BCUT2D eigenvalue weighted by molar-refractivity contribution is 9.10. The van der Waals surface area contributed by atoms with Gasteiger partial charge in [0, 0.05) is 18.9 Å². The van der Waals surface area contributed by atoms with E-state index in [1.165, 1.54) is 12.1 Å². The molecule has 4 nitrogen and oxygen atoms in total. The van der Waals surface area contributed by atoms with Crippen molar-refractivity contribution in [2.75, 3.05) is 13.2 Å². The molecule has 0 aliphatic carbocycles. The summed E-state index contributed by atoms with van der Waals surface area (Å²) < 4.78 is 16.0. The minimum atomic E-state index is -0.954. The molecule has 2 aromatic rings. The fourth-order valence-corrected chi connectivity index (χ4v) is 2.93. The highest BCUT2D eigenvalue weighted by Gasteiger charge is 2.34. The molecule has 114 valence electrons. The fraction of sp³-hybridized carbons (Fsp3) is 0.400. The van der Waals surface area contributed by atoms with Gasteiger partial charge in [-0.25, -0.2) is 4.39 Å². The summed E-state index contributed by atoms with van der Waals surface area (Å²) in [5.74, 6) is -0.390. The van der Waals surface area contributed by atoms with E-state index in [1.54, 1.807) is 23.9 Å². The van der Waals surface area contributed by atoms with Crippen molar-refractivity contribution >= 4 is 15.9 Å². The van der Waals surface area contributed by atoms with Gasteiger partial charge in [-0.1, -0.05) is 12.1 Å². The third-order valence-electron chi connectivity index (χ3n) is 3.81. The molecule has 1 aromatic carbocycles. The summed E-state index contributed by atoms with van der Waals surface area (Å²) in [4.78, 5) is 0. The topological polar surface area (TPSA) is 58.3 Å². The Kier molecular flexibility index (Phi) is 4.81. The van der Waals surface area contributed by atoms with Gasteiger partial charge in [0.05, 0.1) is 29.1 Å². The molecule has 0 atom stereocenters. The normalized spacial score (nSPS) is 11.9. The maximum absolute atomic E-state index is 13.5. The van der Waals surface area contributed by atoms with Crippen LogP contribution in [0.3, 0.4) is 0 Å². The van der Waals surface area contributed by atoms with E-state index in [0.717, 1.165) is 15.9 Å². The molecule has 0 bridgehead atoms. The number of aliphatic hydroxyl groups is 2. The second-order valence-corrected chi connectivity index (χ2v) is 6.05. The molecular formula is C15H18BrFN2O2. The maximum atomic E-state index is 13.5. The van der Waals surface area contributed by atoms with Crippen LogP contribution in [0, 0.1) is 12.7 Å². The highest BCUT2D eigenvalue weighted by Crippen LogP contribution is 2.32. The Morgan fingerprint density at radius 2 is 2.00 bits per heavy atom. The zero-order valence-corrected chi connectivity index (χ0v) is 13.6. The van der Waals surface area contributed by atoms with Gasteiger partial charge in [0.25, 0.3) is 0 Å². The first-order valence-electron chi connectivity index (χ1n) is 6.59. The monoisotopic (exact) mass is 356 g/mol. The van der Waals surface area contributed by atoms with Crippen LogP contribution in [0.25, 0.3) is 0 Å². The highest BCUT2D eigenvalue weighted by atomic mass is 79.9. The van der Waals surface area contributed by atoms with Crippen LogP contribution in [0.15, 0.2) is 28.7 Å². The van der Waals surface area contributed by atoms with Gasteiger partial charge >= 0.3 is 0 Å². The SMILES string of the molecule is Cc1nn(C)c(CC(CO)(CO)c2cccc(F)c2)c1Br. The number of rotatable bonds is 5. The van der Waals surface area contributed by atoms with E-state index in [4.69, 9.17) is 0 Å². The van der Waals surface area contributed by atoms with E-state index in [0.29, 0.717) is 12.0 Å². The van der Waals surface area contributed by atoms with E-state index < -0.39 is 5.41 Å². The largest absolute Gasteiger partial charge is 0.395 e. The molecule has 0 spiro atoms. The first-order valence-corrected chi connectivity index (χ1v) is 7.38. The van der Waals surface area contributed by atoms with Crippen molar-refractivity contribution < 1.29 is 14.6 Å². The number of aliphatic hydroxyl groups excluding tert-OH is 2. The van der Waals surface area contributed by atoms with E-state index in [1.807, 2.05) is 6.92 Å². The zero-order chi connectivity index (χ0) is 15.6. The molecule has 0 aliphatic rings. The molecular weight excluding hydrogens is 339 g/mol. The van der Waals surface area contributed by atoms with E-state index in [9.17, 15) is 14.6 Å². The van der Waals surface area contributed by atoms with Crippen molar-refractivity contribution in [3.63, 3.8) is 0 Å². The molecule has 0 saturated heterocycles. The smallest absolute Gasteiger partial charge is 0.123 e. The molecule has 2 N–H and O–H groups in total. The average Bonchev–Trinajstić information content (AvgIpc) is 2.70. The Morgan fingerprint density at radius 3 is 2.48 bits per heavy atom. The van der Waals surface area contributed by atoms with Gasteiger partial charge in [-0.15, -0.1) is 0 Å². The second kappa shape index (κ2) is 6.25. The summed E-state index contributed by atoms with van der Waals surface area (Å²) in [6.45, 7) is 1.29. The number of halogens is 2. The molecule has 0 aliphatic heterocycles. The number of aryl methyl sites for hydroxylation is 2. The van der Waals surface area contributed by atoms with Crippen LogP contribution in [0.1, 0.15) is 17.0 Å². The van der Waals surface area contributed by atoms with Gasteiger partial charge in [0.2, 0.25) is 0 Å². The second-order valence-electron chi connectivity index (χ2n) is 5.25. The Hall–Kier alpha value is -1.24. The van der Waals surface area contributed by atoms with Crippen molar-refractivity contribution in [3.05, 3.63) is 51.5 Å². The molecule has 21 heavy (non-hydrogen) atoms. The Balaban J connectivity index is 2.48. The summed E-state index contributed by atoms with van der Waals surface area (Å²) in [6.07, 6.45) is 0.349. The van der Waals surface area contributed by atoms with Crippen molar-refractivity contribution in [2.24, 2.45) is 7.05 Å². The van der Waals surface area contributed by atoms with Gasteiger partial charge in [-0.3, -0.25) is 4.68 Å². The predicted octanol–water partition coefficient (Wildman–Crippen LogP) is 2.10. The van der Waals surface area contributed by atoms with Gasteiger partial charge in [-0.05, 0) is 40.5 Å². The summed E-state index contributed by atoms with van der Waals surface area (Å²) >= 11 is 3.48. The average molecular weight is 357 g/mol. The molecule has 0 fully saturated rings. The molecule has 1 heterocycles. The number of hydrogen-bond acceptors (Lipinski definition) is 3. The van der Waals surface area contributed by atoms with Gasteiger partial charge in [0.1, 0.15) is 5.82 Å². The van der Waals surface area contributed by atoms with Gasteiger partial charge in [-0.2, -0.15) is 5.10 Å². The van der Waals surface area contributed by atoms with Crippen LogP contribution in [0.4, 0.5) is 4.39 Å². The number of aromatic nitrogens is 2. The first-order chi connectivity index (χ1) is 9.93. The van der Waals surface area contributed by atoms with Crippen LogP contribution < -0.4 is 0 Å². The summed E-state index contributed by atoms with van der Waals surface area (Å²) in [7, 11) is 1.80. The van der Waals surface area contributed by atoms with Crippen LogP contribution in [-0.4, -0.2) is 33.2 Å². The first kappa shape index (κ1) is 16.1. The van der Waals surface area contributed by atoms with Crippen molar-refractivity contribution in [3.8, 4) is 0 Å². The van der Waals surface area contributed by atoms with Crippen LogP contribution in [0.5, 0.6) is 0 Å². The Labute approximate surface area is 131 Å².